The zero-order valence-corrected chi connectivity index (χ0v) is 13.9. The quantitative estimate of drug-likeness (QED) is 0.831. The molecule has 1 aliphatic rings. The molecule has 0 aliphatic carbocycles. The van der Waals surface area contributed by atoms with Gasteiger partial charge in [-0.2, -0.15) is 4.98 Å². The van der Waals surface area contributed by atoms with Crippen LogP contribution in [0.1, 0.15) is 47.7 Å². The van der Waals surface area contributed by atoms with Crippen LogP contribution in [0.5, 0.6) is 0 Å². The van der Waals surface area contributed by atoms with E-state index in [9.17, 15) is 4.79 Å². The number of nitrogens with zero attached hydrogens (tertiary/aromatic N) is 3. The second kappa shape index (κ2) is 7.65. The minimum atomic E-state index is -0.0616. The predicted octanol–water partition coefficient (Wildman–Crippen LogP) is 1.98. The maximum Gasteiger partial charge on any atom is 0.255 e. The molecule has 0 aromatic carbocycles. The molecule has 1 N–H and O–H groups in total. The van der Waals surface area contributed by atoms with Crippen LogP contribution in [0.4, 0.5) is 0 Å². The van der Waals surface area contributed by atoms with Gasteiger partial charge in [0.1, 0.15) is 6.10 Å². The van der Waals surface area contributed by atoms with Gasteiger partial charge >= 0.3 is 0 Å². The molecule has 1 aliphatic heterocycles. The smallest absolute Gasteiger partial charge is 0.255 e. The van der Waals surface area contributed by atoms with Crippen LogP contribution in [0.15, 0.2) is 10.0 Å². The summed E-state index contributed by atoms with van der Waals surface area (Å²) < 4.78 is 10.7. The molecule has 0 spiro atoms. The van der Waals surface area contributed by atoms with Crippen molar-refractivity contribution in [2.45, 2.75) is 45.1 Å². The van der Waals surface area contributed by atoms with Crippen molar-refractivity contribution in [1.82, 2.24) is 20.4 Å². The largest absolute Gasteiger partial charge is 0.368 e. The summed E-state index contributed by atoms with van der Waals surface area (Å²) in [4.78, 5) is 21.5. The molecule has 23 heavy (non-hydrogen) atoms. The number of ether oxygens (including phenoxy) is 1. The third kappa shape index (κ3) is 4.35. The molecular formula is C15H20N4O3S. The Morgan fingerprint density at radius 2 is 2.39 bits per heavy atom. The van der Waals surface area contributed by atoms with E-state index in [-0.39, 0.29) is 12.0 Å². The number of thiazole rings is 1. The Morgan fingerprint density at radius 1 is 1.48 bits per heavy atom. The second-order valence-corrected chi connectivity index (χ2v) is 6.45. The summed E-state index contributed by atoms with van der Waals surface area (Å²) >= 11 is 1.59. The lowest BCUT2D eigenvalue weighted by Crippen LogP contribution is -2.26. The van der Waals surface area contributed by atoms with Crippen molar-refractivity contribution in [3.05, 3.63) is 27.8 Å². The lowest BCUT2D eigenvalue weighted by Gasteiger charge is -2.03. The van der Waals surface area contributed by atoms with Crippen LogP contribution < -0.4 is 5.32 Å². The maximum atomic E-state index is 11.8. The van der Waals surface area contributed by atoms with Crippen molar-refractivity contribution >= 4 is 17.2 Å². The van der Waals surface area contributed by atoms with Gasteiger partial charge in [0.05, 0.1) is 11.2 Å². The number of aryl methyl sites for hydroxylation is 2. The van der Waals surface area contributed by atoms with Gasteiger partial charge in [0.15, 0.2) is 5.82 Å². The zero-order chi connectivity index (χ0) is 16.1. The van der Waals surface area contributed by atoms with E-state index >= 15 is 0 Å². The Balaban J connectivity index is 1.37. The van der Waals surface area contributed by atoms with Gasteiger partial charge < -0.3 is 14.6 Å². The highest BCUT2D eigenvalue weighted by Crippen LogP contribution is 2.26. The lowest BCUT2D eigenvalue weighted by atomic mass is 10.2. The number of nitrogens with one attached hydrogen (secondary N) is 1. The molecule has 1 unspecified atom stereocenters. The van der Waals surface area contributed by atoms with Gasteiger partial charge in [-0.25, -0.2) is 4.98 Å². The molecule has 8 heteroatoms. The third-order valence-electron chi connectivity index (χ3n) is 3.78. The minimum Gasteiger partial charge on any atom is -0.368 e. The number of hydrogen-bond donors (Lipinski definition) is 1. The molecule has 124 valence electrons. The Kier molecular flexibility index (Phi) is 5.35. The van der Waals surface area contributed by atoms with Crippen molar-refractivity contribution in [2.75, 3.05) is 13.2 Å². The van der Waals surface area contributed by atoms with E-state index in [1.54, 1.807) is 11.3 Å². The summed E-state index contributed by atoms with van der Waals surface area (Å²) in [5.74, 6) is 1.18. The molecular weight excluding hydrogens is 316 g/mol. The number of aromatic nitrogens is 3. The Morgan fingerprint density at radius 3 is 3.13 bits per heavy atom. The van der Waals surface area contributed by atoms with Gasteiger partial charge in [-0.1, -0.05) is 5.16 Å². The first-order valence-electron chi connectivity index (χ1n) is 7.82. The van der Waals surface area contributed by atoms with Crippen LogP contribution in [0.3, 0.4) is 0 Å². The van der Waals surface area contributed by atoms with E-state index in [1.165, 1.54) is 4.88 Å². The highest BCUT2D eigenvalue weighted by Gasteiger charge is 2.23. The van der Waals surface area contributed by atoms with Gasteiger partial charge in [0.2, 0.25) is 5.91 Å². The van der Waals surface area contributed by atoms with Gasteiger partial charge in [0, 0.05) is 30.9 Å². The monoisotopic (exact) mass is 336 g/mol. The van der Waals surface area contributed by atoms with Crippen LogP contribution in [0.2, 0.25) is 0 Å². The second-order valence-electron chi connectivity index (χ2n) is 5.51. The molecule has 2 aromatic heterocycles. The molecule has 1 amide bonds. The highest BCUT2D eigenvalue weighted by atomic mass is 32.1. The average Bonchev–Trinajstić information content (AvgIpc) is 3.26. The molecule has 1 fully saturated rings. The van der Waals surface area contributed by atoms with Crippen molar-refractivity contribution in [3.63, 3.8) is 0 Å². The summed E-state index contributed by atoms with van der Waals surface area (Å²) in [6, 6.07) is 0. The van der Waals surface area contributed by atoms with Crippen molar-refractivity contribution in [3.8, 4) is 0 Å². The maximum absolute atomic E-state index is 11.8. The summed E-state index contributed by atoms with van der Waals surface area (Å²) in [6.45, 7) is 3.22. The van der Waals surface area contributed by atoms with Crippen molar-refractivity contribution < 1.29 is 14.1 Å². The molecule has 1 saturated heterocycles. The van der Waals surface area contributed by atoms with Gasteiger partial charge in [-0.3, -0.25) is 4.79 Å². The van der Waals surface area contributed by atoms with Crippen LogP contribution in [-0.2, 0) is 22.4 Å². The minimum absolute atomic E-state index is 0.0284. The van der Waals surface area contributed by atoms with E-state index in [0.717, 1.165) is 31.6 Å². The van der Waals surface area contributed by atoms with E-state index in [2.05, 4.69) is 20.4 Å². The molecule has 1 atom stereocenters. The van der Waals surface area contributed by atoms with E-state index in [0.29, 0.717) is 31.1 Å². The summed E-state index contributed by atoms with van der Waals surface area (Å²) in [5, 5.41) is 6.82. The van der Waals surface area contributed by atoms with Crippen LogP contribution in [-0.4, -0.2) is 34.2 Å². The SMILES string of the molecule is Cc1ncsc1CCC(=O)NCCc1noc(C2CCCO2)n1. The topological polar surface area (TPSA) is 90.1 Å². The molecule has 0 radical (unpaired) electrons. The molecule has 0 bridgehead atoms. The summed E-state index contributed by atoms with van der Waals surface area (Å²) in [7, 11) is 0. The van der Waals surface area contributed by atoms with E-state index < -0.39 is 0 Å². The number of rotatable bonds is 7. The number of amides is 1. The molecule has 2 aromatic rings. The van der Waals surface area contributed by atoms with Gasteiger partial charge in [-0.05, 0) is 26.2 Å². The zero-order valence-electron chi connectivity index (χ0n) is 13.1. The molecule has 3 heterocycles. The fraction of sp³-hybridized carbons (Fsp3) is 0.600. The summed E-state index contributed by atoms with van der Waals surface area (Å²) in [5.41, 5.74) is 2.82. The first-order valence-corrected chi connectivity index (χ1v) is 8.70. The van der Waals surface area contributed by atoms with Crippen LogP contribution in [0, 0.1) is 6.92 Å². The fourth-order valence-corrected chi connectivity index (χ4v) is 3.25. The number of carbonyl (C=O) groups excluding carboxylic acids is 1. The van der Waals surface area contributed by atoms with E-state index in [1.807, 2.05) is 12.4 Å². The van der Waals surface area contributed by atoms with Gasteiger partial charge in [0.25, 0.3) is 5.89 Å². The normalized spacial score (nSPS) is 17.5. The van der Waals surface area contributed by atoms with Crippen molar-refractivity contribution in [2.24, 2.45) is 0 Å². The molecule has 3 rings (SSSR count). The van der Waals surface area contributed by atoms with Crippen molar-refractivity contribution in [1.29, 1.82) is 0 Å². The average molecular weight is 336 g/mol. The number of carbonyl (C=O) groups is 1. The molecule has 7 nitrogen and oxygen atoms in total. The third-order valence-corrected chi connectivity index (χ3v) is 4.78. The van der Waals surface area contributed by atoms with Crippen LogP contribution in [0.25, 0.3) is 0 Å². The first-order chi connectivity index (χ1) is 11.2. The molecule has 0 saturated carbocycles. The summed E-state index contributed by atoms with van der Waals surface area (Å²) in [6.07, 6.45) is 3.65. The fourth-order valence-electron chi connectivity index (χ4n) is 2.47. The lowest BCUT2D eigenvalue weighted by molar-refractivity contribution is -0.121. The Bertz CT molecular complexity index is 649. The Labute approximate surface area is 138 Å². The van der Waals surface area contributed by atoms with Gasteiger partial charge in [-0.15, -0.1) is 11.3 Å². The van der Waals surface area contributed by atoms with E-state index in [4.69, 9.17) is 9.26 Å². The predicted molar refractivity (Wildman–Crippen MR) is 84.1 cm³/mol. The first kappa shape index (κ1) is 16.1. The highest BCUT2D eigenvalue weighted by molar-refractivity contribution is 7.09. The standard InChI is InChI=1S/C15H20N4O3S/c1-10-12(23-9-17-10)4-5-14(20)16-7-6-13-18-15(22-19-13)11-3-2-8-21-11/h9,11H,2-8H2,1H3,(H,16,20). The Hall–Kier alpha value is -1.80. The number of hydrogen-bond acceptors (Lipinski definition) is 7. The van der Waals surface area contributed by atoms with Crippen LogP contribution >= 0.6 is 11.3 Å².